The third-order valence-corrected chi connectivity index (χ3v) is 4.84. The zero-order chi connectivity index (χ0) is 18.5. The van der Waals surface area contributed by atoms with Gasteiger partial charge in [0.15, 0.2) is 0 Å². The number of ether oxygens (including phenoxy) is 1. The Labute approximate surface area is 160 Å². The number of hydrogen-bond acceptors (Lipinski definition) is 3. The molecule has 1 amide bonds. The van der Waals surface area contributed by atoms with Gasteiger partial charge < -0.3 is 14.5 Å². The van der Waals surface area contributed by atoms with Gasteiger partial charge in [-0.1, -0.05) is 41.9 Å². The standard InChI is InChI=1S/C21H25ClN2O2/c1-23(2)14-16-8-3-4-10-18(16)21(25)24-13-7-9-17(15-24)26-20-12-6-5-11-19(20)22/h3-6,8,10-12,17H,7,9,13-15H2,1-2H3. The summed E-state index contributed by atoms with van der Waals surface area (Å²) in [5, 5.41) is 0.604. The van der Waals surface area contributed by atoms with Gasteiger partial charge in [-0.2, -0.15) is 0 Å². The Morgan fingerprint density at radius 2 is 1.92 bits per heavy atom. The van der Waals surface area contributed by atoms with Crippen molar-refractivity contribution in [2.45, 2.75) is 25.5 Å². The van der Waals surface area contributed by atoms with E-state index in [4.69, 9.17) is 16.3 Å². The Morgan fingerprint density at radius 3 is 2.69 bits per heavy atom. The summed E-state index contributed by atoms with van der Waals surface area (Å²) in [6, 6.07) is 15.3. The summed E-state index contributed by atoms with van der Waals surface area (Å²) in [7, 11) is 4.02. The van der Waals surface area contributed by atoms with E-state index in [2.05, 4.69) is 4.90 Å². The van der Waals surface area contributed by atoms with Gasteiger partial charge in [-0.3, -0.25) is 4.79 Å². The van der Waals surface area contributed by atoms with Crippen LogP contribution in [0.2, 0.25) is 5.02 Å². The average molecular weight is 373 g/mol. The van der Waals surface area contributed by atoms with Crippen LogP contribution in [-0.2, 0) is 6.54 Å². The SMILES string of the molecule is CN(C)Cc1ccccc1C(=O)N1CCCC(Oc2ccccc2Cl)C1. The Balaban J connectivity index is 1.72. The van der Waals surface area contributed by atoms with E-state index in [0.29, 0.717) is 17.3 Å². The van der Waals surface area contributed by atoms with Crippen LogP contribution in [-0.4, -0.2) is 49.0 Å². The Kier molecular flexibility index (Phi) is 6.17. The van der Waals surface area contributed by atoms with E-state index in [-0.39, 0.29) is 12.0 Å². The summed E-state index contributed by atoms with van der Waals surface area (Å²) < 4.78 is 6.06. The van der Waals surface area contributed by atoms with E-state index >= 15 is 0 Å². The van der Waals surface area contributed by atoms with Crippen molar-refractivity contribution in [1.29, 1.82) is 0 Å². The fraction of sp³-hybridized carbons (Fsp3) is 0.381. The van der Waals surface area contributed by atoms with Gasteiger partial charge in [0.1, 0.15) is 11.9 Å². The molecule has 5 heteroatoms. The smallest absolute Gasteiger partial charge is 0.254 e. The topological polar surface area (TPSA) is 32.8 Å². The molecule has 0 aromatic heterocycles. The predicted molar refractivity (Wildman–Crippen MR) is 105 cm³/mol. The highest BCUT2D eigenvalue weighted by Crippen LogP contribution is 2.27. The van der Waals surface area contributed by atoms with Crippen LogP contribution in [0.5, 0.6) is 5.75 Å². The molecule has 26 heavy (non-hydrogen) atoms. The molecule has 0 spiro atoms. The molecule has 1 unspecified atom stereocenters. The summed E-state index contributed by atoms with van der Waals surface area (Å²) in [6.07, 6.45) is 1.82. The minimum Gasteiger partial charge on any atom is -0.487 e. The molecular formula is C21H25ClN2O2. The van der Waals surface area contributed by atoms with Crippen molar-refractivity contribution >= 4 is 17.5 Å². The summed E-state index contributed by atoms with van der Waals surface area (Å²) in [5.41, 5.74) is 1.83. The third kappa shape index (κ3) is 4.57. The van der Waals surface area contributed by atoms with Crippen molar-refractivity contribution in [1.82, 2.24) is 9.80 Å². The molecule has 0 N–H and O–H groups in total. The molecule has 1 fully saturated rings. The van der Waals surface area contributed by atoms with Crippen LogP contribution in [0, 0.1) is 0 Å². The number of likely N-dealkylation sites (tertiary alicyclic amines) is 1. The normalized spacial score (nSPS) is 17.4. The predicted octanol–water partition coefficient (Wildman–Crippen LogP) is 4.09. The molecule has 1 heterocycles. The van der Waals surface area contributed by atoms with Gasteiger partial charge in [0, 0.05) is 18.7 Å². The van der Waals surface area contributed by atoms with Crippen LogP contribution in [0.4, 0.5) is 0 Å². The number of amides is 1. The van der Waals surface area contributed by atoms with Crippen LogP contribution >= 0.6 is 11.6 Å². The highest BCUT2D eigenvalue weighted by molar-refractivity contribution is 6.32. The van der Waals surface area contributed by atoms with E-state index in [9.17, 15) is 4.79 Å². The molecule has 4 nitrogen and oxygen atoms in total. The number of halogens is 1. The van der Waals surface area contributed by atoms with E-state index in [1.807, 2.05) is 67.5 Å². The first-order valence-corrected chi connectivity index (χ1v) is 9.35. The van der Waals surface area contributed by atoms with Gasteiger partial charge in [0.2, 0.25) is 0 Å². The largest absolute Gasteiger partial charge is 0.487 e. The lowest BCUT2D eigenvalue weighted by Crippen LogP contribution is -2.44. The minimum absolute atomic E-state index is 0.0337. The Bertz CT molecular complexity index is 763. The van der Waals surface area contributed by atoms with Crippen molar-refractivity contribution in [3.05, 3.63) is 64.7 Å². The molecule has 0 radical (unpaired) electrons. The molecule has 1 atom stereocenters. The first-order valence-electron chi connectivity index (χ1n) is 8.97. The van der Waals surface area contributed by atoms with Gasteiger partial charge >= 0.3 is 0 Å². The number of hydrogen-bond donors (Lipinski definition) is 0. The first-order chi connectivity index (χ1) is 12.5. The lowest BCUT2D eigenvalue weighted by atomic mass is 10.0. The van der Waals surface area contributed by atoms with Crippen molar-refractivity contribution < 1.29 is 9.53 Å². The van der Waals surface area contributed by atoms with Crippen molar-refractivity contribution in [2.75, 3.05) is 27.2 Å². The number of nitrogens with zero attached hydrogens (tertiary/aromatic N) is 2. The van der Waals surface area contributed by atoms with Crippen LogP contribution in [0.3, 0.4) is 0 Å². The molecule has 1 saturated heterocycles. The number of rotatable bonds is 5. The second kappa shape index (κ2) is 8.56. The van der Waals surface area contributed by atoms with E-state index in [1.54, 1.807) is 0 Å². The fourth-order valence-electron chi connectivity index (χ4n) is 3.32. The molecular weight excluding hydrogens is 348 g/mol. The summed E-state index contributed by atoms with van der Waals surface area (Å²) in [6.45, 7) is 2.09. The molecule has 0 aliphatic carbocycles. The van der Waals surface area contributed by atoms with Crippen molar-refractivity contribution in [3.63, 3.8) is 0 Å². The number of piperidine rings is 1. The number of benzene rings is 2. The number of carbonyl (C=O) groups excluding carboxylic acids is 1. The molecule has 1 aliphatic rings. The lowest BCUT2D eigenvalue weighted by molar-refractivity contribution is 0.0536. The molecule has 1 aliphatic heterocycles. The minimum atomic E-state index is -0.0337. The quantitative estimate of drug-likeness (QED) is 0.792. The molecule has 2 aromatic carbocycles. The summed E-state index contributed by atoms with van der Waals surface area (Å²) in [4.78, 5) is 17.1. The molecule has 0 saturated carbocycles. The van der Waals surface area contributed by atoms with Crippen LogP contribution < -0.4 is 4.74 Å². The zero-order valence-corrected chi connectivity index (χ0v) is 16.1. The first kappa shape index (κ1) is 18.7. The summed E-state index contributed by atoms with van der Waals surface area (Å²) >= 11 is 6.20. The zero-order valence-electron chi connectivity index (χ0n) is 15.3. The highest BCUT2D eigenvalue weighted by Gasteiger charge is 2.27. The molecule has 2 aromatic rings. The molecule has 0 bridgehead atoms. The van der Waals surface area contributed by atoms with Gasteiger partial charge in [0.25, 0.3) is 5.91 Å². The Morgan fingerprint density at radius 1 is 1.19 bits per heavy atom. The van der Waals surface area contributed by atoms with Gasteiger partial charge in [-0.05, 0) is 50.7 Å². The molecule has 3 rings (SSSR count). The fourth-order valence-corrected chi connectivity index (χ4v) is 3.50. The maximum atomic E-state index is 13.1. The number of carbonyl (C=O) groups is 1. The van der Waals surface area contributed by atoms with E-state index < -0.39 is 0 Å². The van der Waals surface area contributed by atoms with Gasteiger partial charge in [-0.15, -0.1) is 0 Å². The summed E-state index contributed by atoms with van der Waals surface area (Å²) in [5.74, 6) is 0.761. The Hall–Kier alpha value is -2.04. The van der Waals surface area contributed by atoms with Crippen molar-refractivity contribution in [3.8, 4) is 5.75 Å². The average Bonchev–Trinajstić information content (AvgIpc) is 2.63. The van der Waals surface area contributed by atoms with E-state index in [0.717, 1.165) is 37.1 Å². The maximum absolute atomic E-state index is 13.1. The monoisotopic (exact) mass is 372 g/mol. The molecule has 138 valence electrons. The second-order valence-electron chi connectivity index (χ2n) is 6.96. The van der Waals surface area contributed by atoms with Crippen LogP contribution in [0.1, 0.15) is 28.8 Å². The van der Waals surface area contributed by atoms with Crippen LogP contribution in [0.25, 0.3) is 0 Å². The van der Waals surface area contributed by atoms with Crippen LogP contribution in [0.15, 0.2) is 48.5 Å². The lowest BCUT2D eigenvalue weighted by Gasteiger charge is -2.33. The second-order valence-corrected chi connectivity index (χ2v) is 7.37. The van der Waals surface area contributed by atoms with E-state index in [1.165, 1.54) is 0 Å². The maximum Gasteiger partial charge on any atom is 0.254 e. The van der Waals surface area contributed by atoms with Gasteiger partial charge in [0.05, 0.1) is 11.6 Å². The number of para-hydroxylation sites is 1. The third-order valence-electron chi connectivity index (χ3n) is 4.53. The van der Waals surface area contributed by atoms with Gasteiger partial charge in [-0.25, -0.2) is 0 Å². The highest BCUT2D eigenvalue weighted by atomic mass is 35.5. The van der Waals surface area contributed by atoms with Crippen molar-refractivity contribution in [2.24, 2.45) is 0 Å².